The van der Waals surface area contributed by atoms with Gasteiger partial charge in [-0.2, -0.15) is 0 Å². The van der Waals surface area contributed by atoms with Crippen molar-refractivity contribution in [2.75, 3.05) is 27.3 Å². The second-order valence-corrected chi connectivity index (χ2v) is 7.78. The summed E-state index contributed by atoms with van der Waals surface area (Å²) in [5.74, 6) is 3.17. The highest BCUT2D eigenvalue weighted by Gasteiger charge is 2.26. The van der Waals surface area contributed by atoms with E-state index in [1.54, 1.807) is 14.2 Å². The summed E-state index contributed by atoms with van der Waals surface area (Å²) < 4.78 is 16.9. The van der Waals surface area contributed by atoms with Crippen LogP contribution in [-0.4, -0.2) is 37.2 Å². The van der Waals surface area contributed by atoms with Gasteiger partial charge in [0.2, 0.25) is 5.89 Å². The number of para-hydroxylation sites is 1. The number of hydrogen-bond donors (Lipinski definition) is 0. The third-order valence-corrected chi connectivity index (χ3v) is 5.73. The molecule has 1 saturated heterocycles. The molecule has 1 aromatic heterocycles. The summed E-state index contributed by atoms with van der Waals surface area (Å²) in [7, 11) is 3.25. The first kappa shape index (κ1) is 19.8. The van der Waals surface area contributed by atoms with Gasteiger partial charge in [-0.15, -0.1) is 0 Å². The monoisotopic (exact) mass is 412 g/mol. The molecule has 1 atom stereocenters. The Bertz CT molecular complexity index is 1000. The van der Waals surface area contributed by atoms with Crippen LogP contribution in [0.4, 0.5) is 0 Å². The van der Waals surface area contributed by atoms with Crippen LogP contribution in [0.2, 0.25) is 5.02 Å². The van der Waals surface area contributed by atoms with Crippen LogP contribution in [0.3, 0.4) is 0 Å². The third kappa shape index (κ3) is 4.11. The standard InChI is InChI=1S/C23H25ClN2O3/c1-15-20(14-26-11-10-17(13-26)16-6-4-7-18(24)12-16)25-23(29-15)19-8-5-9-21(27-2)22(19)28-3/h4-9,12,17H,10-11,13-14H2,1-3H3. The lowest BCUT2D eigenvalue weighted by Crippen LogP contribution is -2.20. The van der Waals surface area contributed by atoms with Crippen molar-refractivity contribution in [1.82, 2.24) is 9.88 Å². The van der Waals surface area contributed by atoms with E-state index >= 15 is 0 Å². The first-order valence-corrected chi connectivity index (χ1v) is 10.1. The summed E-state index contributed by atoms with van der Waals surface area (Å²) in [6.07, 6.45) is 1.12. The smallest absolute Gasteiger partial charge is 0.230 e. The van der Waals surface area contributed by atoms with E-state index in [9.17, 15) is 0 Å². The van der Waals surface area contributed by atoms with Gasteiger partial charge in [-0.05, 0) is 55.6 Å². The Morgan fingerprint density at radius 2 is 2.00 bits per heavy atom. The van der Waals surface area contributed by atoms with Gasteiger partial charge in [0.25, 0.3) is 0 Å². The number of oxazole rings is 1. The van der Waals surface area contributed by atoms with Crippen molar-refractivity contribution in [2.45, 2.75) is 25.8 Å². The van der Waals surface area contributed by atoms with E-state index in [1.165, 1.54) is 5.56 Å². The Morgan fingerprint density at radius 1 is 1.17 bits per heavy atom. The molecule has 29 heavy (non-hydrogen) atoms. The van der Waals surface area contributed by atoms with Crippen LogP contribution in [-0.2, 0) is 6.54 Å². The van der Waals surface area contributed by atoms with Crippen molar-refractivity contribution in [3.63, 3.8) is 0 Å². The fraction of sp³-hybridized carbons (Fsp3) is 0.348. The molecule has 0 spiro atoms. The molecule has 2 aromatic carbocycles. The van der Waals surface area contributed by atoms with Gasteiger partial charge < -0.3 is 13.9 Å². The highest BCUT2D eigenvalue weighted by molar-refractivity contribution is 6.30. The molecular formula is C23H25ClN2O3. The van der Waals surface area contributed by atoms with Crippen LogP contribution in [0.1, 0.15) is 29.4 Å². The first-order valence-electron chi connectivity index (χ1n) is 9.74. The van der Waals surface area contributed by atoms with Crippen molar-refractivity contribution in [3.05, 3.63) is 64.5 Å². The summed E-state index contributed by atoms with van der Waals surface area (Å²) in [6, 6.07) is 13.9. The maximum atomic E-state index is 6.16. The van der Waals surface area contributed by atoms with E-state index < -0.39 is 0 Å². The van der Waals surface area contributed by atoms with Crippen LogP contribution in [0, 0.1) is 6.92 Å². The average Bonchev–Trinajstić information content (AvgIpc) is 3.34. The van der Waals surface area contributed by atoms with E-state index in [4.69, 9.17) is 30.5 Å². The Hall–Kier alpha value is -2.50. The Morgan fingerprint density at radius 3 is 2.76 bits per heavy atom. The predicted molar refractivity (Wildman–Crippen MR) is 114 cm³/mol. The molecule has 6 heteroatoms. The van der Waals surface area contributed by atoms with Gasteiger partial charge in [0.15, 0.2) is 11.5 Å². The van der Waals surface area contributed by atoms with Crippen molar-refractivity contribution >= 4 is 11.6 Å². The second kappa shape index (κ2) is 8.47. The Labute approximate surface area is 176 Å². The summed E-state index contributed by atoms with van der Waals surface area (Å²) in [4.78, 5) is 7.19. The first-order chi connectivity index (χ1) is 14.1. The van der Waals surface area contributed by atoms with E-state index in [1.807, 2.05) is 37.3 Å². The topological polar surface area (TPSA) is 47.7 Å². The van der Waals surface area contributed by atoms with Crippen LogP contribution in [0.15, 0.2) is 46.9 Å². The van der Waals surface area contributed by atoms with Gasteiger partial charge in [-0.3, -0.25) is 4.90 Å². The van der Waals surface area contributed by atoms with E-state index in [0.717, 1.165) is 48.1 Å². The number of nitrogens with zero attached hydrogens (tertiary/aromatic N) is 2. The number of methoxy groups -OCH3 is 2. The van der Waals surface area contributed by atoms with E-state index in [0.29, 0.717) is 23.3 Å². The zero-order valence-corrected chi connectivity index (χ0v) is 17.7. The largest absolute Gasteiger partial charge is 0.493 e. The number of ether oxygens (including phenoxy) is 2. The van der Waals surface area contributed by atoms with Gasteiger partial charge in [-0.1, -0.05) is 29.8 Å². The molecule has 1 aliphatic heterocycles. The van der Waals surface area contributed by atoms with Crippen molar-refractivity contribution < 1.29 is 13.9 Å². The third-order valence-electron chi connectivity index (χ3n) is 5.49. The Kier molecular flexibility index (Phi) is 5.79. The molecule has 2 heterocycles. The van der Waals surface area contributed by atoms with Crippen LogP contribution < -0.4 is 9.47 Å². The maximum Gasteiger partial charge on any atom is 0.230 e. The molecule has 1 unspecified atom stereocenters. The summed E-state index contributed by atoms with van der Waals surface area (Å²) in [5, 5.41) is 0.796. The van der Waals surface area contributed by atoms with Gasteiger partial charge >= 0.3 is 0 Å². The number of aromatic nitrogens is 1. The highest BCUT2D eigenvalue weighted by atomic mass is 35.5. The molecule has 0 radical (unpaired) electrons. The lowest BCUT2D eigenvalue weighted by Gasteiger charge is -2.15. The minimum atomic E-state index is 0.499. The molecule has 0 bridgehead atoms. The number of rotatable bonds is 6. The lowest BCUT2D eigenvalue weighted by molar-refractivity contribution is 0.321. The zero-order chi connectivity index (χ0) is 20.4. The SMILES string of the molecule is COc1cccc(-c2nc(CN3CCC(c4cccc(Cl)c4)C3)c(C)o2)c1OC. The fourth-order valence-corrected chi connectivity index (χ4v) is 4.16. The molecule has 0 N–H and O–H groups in total. The molecule has 5 nitrogen and oxygen atoms in total. The number of benzene rings is 2. The molecular weight excluding hydrogens is 388 g/mol. The molecule has 3 aromatic rings. The highest BCUT2D eigenvalue weighted by Crippen LogP contribution is 2.38. The molecule has 1 aliphatic rings. The van der Waals surface area contributed by atoms with Crippen LogP contribution in [0.5, 0.6) is 11.5 Å². The van der Waals surface area contributed by atoms with Crippen LogP contribution in [0.25, 0.3) is 11.5 Å². The summed E-state index contributed by atoms with van der Waals surface area (Å²) >= 11 is 6.16. The van der Waals surface area contributed by atoms with Gasteiger partial charge in [0, 0.05) is 18.1 Å². The maximum absolute atomic E-state index is 6.16. The van der Waals surface area contributed by atoms with Gasteiger partial charge in [-0.25, -0.2) is 4.98 Å². The normalized spacial score (nSPS) is 16.9. The molecule has 4 rings (SSSR count). The molecule has 0 saturated carbocycles. The number of likely N-dealkylation sites (tertiary alicyclic amines) is 1. The minimum Gasteiger partial charge on any atom is -0.493 e. The van der Waals surface area contributed by atoms with Crippen molar-refractivity contribution in [2.24, 2.45) is 0 Å². The fourth-order valence-electron chi connectivity index (χ4n) is 3.97. The van der Waals surface area contributed by atoms with E-state index in [-0.39, 0.29) is 0 Å². The van der Waals surface area contributed by atoms with E-state index in [2.05, 4.69) is 17.0 Å². The molecule has 0 aliphatic carbocycles. The quantitative estimate of drug-likeness (QED) is 0.549. The average molecular weight is 413 g/mol. The zero-order valence-electron chi connectivity index (χ0n) is 16.9. The molecule has 0 amide bonds. The van der Waals surface area contributed by atoms with Gasteiger partial charge in [0.1, 0.15) is 5.76 Å². The number of aryl methyl sites for hydroxylation is 1. The van der Waals surface area contributed by atoms with Crippen LogP contribution >= 0.6 is 11.6 Å². The molecule has 1 fully saturated rings. The number of hydrogen-bond acceptors (Lipinski definition) is 5. The van der Waals surface area contributed by atoms with Crippen molar-refractivity contribution in [1.29, 1.82) is 0 Å². The summed E-state index contributed by atoms with van der Waals surface area (Å²) in [6.45, 7) is 4.74. The second-order valence-electron chi connectivity index (χ2n) is 7.34. The molecule has 152 valence electrons. The number of halogens is 1. The minimum absolute atomic E-state index is 0.499. The van der Waals surface area contributed by atoms with Crippen molar-refractivity contribution in [3.8, 4) is 23.0 Å². The predicted octanol–water partition coefficient (Wildman–Crippen LogP) is 5.31. The van der Waals surface area contributed by atoms with Gasteiger partial charge in [0.05, 0.1) is 25.5 Å². The summed E-state index contributed by atoms with van der Waals surface area (Å²) in [5.41, 5.74) is 3.05. The Balaban J connectivity index is 1.51. The lowest BCUT2D eigenvalue weighted by atomic mass is 9.99.